The van der Waals surface area contributed by atoms with Gasteiger partial charge in [0.05, 0.1) is 13.7 Å². The monoisotopic (exact) mass is 313 g/mol. The molecular formula is C18H19NO4. The molecule has 0 bridgehead atoms. The van der Waals surface area contributed by atoms with Crippen LogP contribution >= 0.6 is 0 Å². The summed E-state index contributed by atoms with van der Waals surface area (Å²) in [6.45, 7) is 1.84. The highest BCUT2D eigenvalue weighted by atomic mass is 16.5. The molecule has 0 atom stereocenters. The molecule has 23 heavy (non-hydrogen) atoms. The number of methoxy groups -OCH3 is 2. The minimum absolute atomic E-state index is 0.0482. The van der Waals surface area contributed by atoms with Crippen LogP contribution in [0.3, 0.4) is 0 Å². The van der Waals surface area contributed by atoms with Crippen LogP contribution in [0, 0.1) is 0 Å². The van der Waals surface area contributed by atoms with Gasteiger partial charge in [0.2, 0.25) is 0 Å². The summed E-state index contributed by atoms with van der Waals surface area (Å²) in [4.78, 5) is 23.8. The zero-order valence-corrected chi connectivity index (χ0v) is 13.4. The lowest BCUT2D eigenvalue weighted by atomic mass is 10.1. The number of hydrogen-bond donors (Lipinski definition) is 1. The summed E-state index contributed by atoms with van der Waals surface area (Å²) in [6, 6.07) is 12.0. The van der Waals surface area contributed by atoms with E-state index in [1.54, 1.807) is 56.7 Å². The van der Waals surface area contributed by atoms with Gasteiger partial charge in [-0.15, -0.1) is 0 Å². The molecule has 0 unspecified atom stereocenters. The molecule has 0 radical (unpaired) electrons. The lowest BCUT2D eigenvalue weighted by molar-refractivity contribution is 0.101. The predicted octanol–water partition coefficient (Wildman–Crippen LogP) is 3.30. The van der Waals surface area contributed by atoms with Gasteiger partial charge in [-0.3, -0.25) is 9.59 Å². The Kier molecular flexibility index (Phi) is 5.49. The van der Waals surface area contributed by atoms with Gasteiger partial charge in [0.1, 0.15) is 5.75 Å². The van der Waals surface area contributed by atoms with Crippen molar-refractivity contribution in [1.82, 2.24) is 0 Å². The molecule has 0 saturated carbocycles. The molecule has 1 N–H and O–H groups in total. The van der Waals surface area contributed by atoms with Crippen molar-refractivity contribution in [3.63, 3.8) is 0 Å². The number of Topliss-reactive ketones (excluding diaryl/α,β-unsaturated/α-hetero) is 1. The Morgan fingerprint density at radius 3 is 2.48 bits per heavy atom. The van der Waals surface area contributed by atoms with Crippen molar-refractivity contribution in [3.05, 3.63) is 59.2 Å². The van der Waals surface area contributed by atoms with Crippen LogP contribution in [-0.2, 0) is 11.3 Å². The van der Waals surface area contributed by atoms with Gasteiger partial charge in [0, 0.05) is 29.5 Å². The molecule has 2 aromatic carbocycles. The summed E-state index contributed by atoms with van der Waals surface area (Å²) in [6.07, 6.45) is 0. The second kappa shape index (κ2) is 7.56. The van der Waals surface area contributed by atoms with Crippen molar-refractivity contribution >= 4 is 17.4 Å². The van der Waals surface area contributed by atoms with Gasteiger partial charge in [-0.05, 0) is 37.3 Å². The molecule has 0 aromatic heterocycles. The summed E-state index contributed by atoms with van der Waals surface area (Å²) < 4.78 is 10.4. The van der Waals surface area contributed by atoms with Crippen molar-refractivity contribution in [2.45, 2.75) is 13.5 Å². The van der Waals surface area contributed by atoms with Gasteiger partial charge in [-0.1, -0.05) is 12.1 Å². The van der Waals surface area contributed by atoms with Gasteiger partial charge in [0.25, 0.3) is 5.91 Å². The standard InChI is InChI=1S/C18H19NO4/c1-12(20)13-5-4-6-16(10-13)19-18(21)14-7-8-17(23-3)15(9-14)11-22-2/h4-10H,11H2,1-3H3,(H,19,21). The zero-order valence-electron chi connectivity index (χ0n) is 13.4. The maximum Gasteiger partial charge on any atom is 0.255 e. The maximum absolute atomic E-state index is 12.4. The summed E-state index contributed by atoms with van der Waals surface area (Å²) in [5.41, 5.74) is 2.41. The number of carbonyl (C=O) groups excluding carboxylic acids is 2. The molecule has 0 aliphatic rings. The van der Waals surface area contributed by atoms with Crippen LogP contribution in [0.15, 0.2) is 42.5 Å². The second-order valence-corrected chi connectivity index (χ2v) is 5.05. The van der Waals surface area contributed by atoms with Crippen molar-refractivity contribution in [3.8, 4) is 5.75 Å². The highest BCUT2D eigenvalue weighted by Crippen LogP contribution is 2.21. The van der Waals surface area contributed by atoms with E-state index in [0.29, 0.717) is 29.2 Å². The molecule has 0 heterocycles. The van der Waals surface area contributed by atoms with Crippen molar-refractivity contribution in [2.24, 2.45) is 0 Å². The number of benzene rings is 2. The van der Waals surface area contributed by atoms with Gasteiger partial charge in [0.15, 0.2) is 5.78 Å². The SMILES string of the molecule is COCc1cc(C(=O)Nc2cccc(C(C)=O)c2)ccc1OC. The number of amides is 1. The summed E-state index contributed by atoms with van der Waals surface area (Å²) in [7, 11) is 3.15. The van der Waals surface area contributed by atoms with Crippen LogP contribution in [0.1, 0.15) is 33.2 Å². The lowest BCUT2D eigenvalue weighted by Crippen LogP contribution is -2.13. The smallest absolute Gasteiger partial charge is 0.255 e. The fraction of sp³-hybridized carbons (Fsp3) is 0.222. The molecule has 0 fully saturated rings. The average molecular weight is 313 g/mol. The van der Waals surface area contributed by atoms with Crippen LogP contribution in [0.25, 0.3) is 0 Å². The molecule has 5 nitrogen and oxygen atoms in total. The second-order valence-electron chi connectivity index (χ2n) is 5.05. The van der Waals surface area contributed by atoms with Crippen LogP contribution in [0.2, 0.25) is 0 Å². The number of rotatable bonds is 6. The molecule has 0 aliphatic carbocycles. The third-order valence-corrected chi connectivity index (χ3v) is 3.37. The van der Waals surface area contributed by atoms with Crippen molar-refractivity contribution in [1.29, 1.82) is 0 Å². The molecule has 0 aliphatic heterocycles. The Morgan fingerprint density at radius 2 is 1.83 bits per heavy atom. The van der Waals surface area contributed by atoms with E-state index in [0.717, 1.165) is 5.56 Å². The summed E-state index contributed by atoms with van der Waals surface area (Å²) >= 11 is 0. The minimum Gasteiger partial charge on any atom is -0.496 e. The maximum atomic E-state index is 12.4. The third kappa shape index (κ3) is 4.17. The van der Waals surface area contributed by atoms with E-state index in [4.69, 9.17) is 9.47 Å². The Balaban J connectivity index is 2.22. The number of anilines is 1. The Bertz CT molecular complexity index is 725. The summed E-state index contributed by atoms with van der Waals surface area (Å²) in [5.74, 6) is 0.362. The highest BCUT2D eigenvalue weighted by Gasteiger charge is 2.11. The molecule has 120 valence electrons. The Morgan fingerprint density at radius 1 is 1.04 bits per heavy atom. The quantitative estimate of drug-likeness (QED) is 0.831. The normalized spacial score (nSPS) is 10.2. The highest BCUT2D eigenvalue weighted by molar-refractivity contribution is 6.05. The minimum atomic E-state index is -0.259. The van der Waals surface area contributed by atoms with Crippen molar-refractivity contribution < 1.29 is 19.1 Å². The average Bonchev–Trinajstić information content (AvgIpc) is 2.55. The van der Waals surface area contributed by atoms with Crippen molar-refractivity contribution in [2.75, 3.05) is 19.5 Å². The lowest BCUT2D eigenvalue weighted by Gasteiger charge is -2.11. The Labute approximate surface area is 135 Å². The molecular weight excluding hydrogens is 294 g/mol. The van der Waals surface area contributed by atoms with E-state index in [-0.39, 0.29) is 11.7 Å². The van der Waals surface area contributed by atoms with E-state index in [2.05, 4.69) is 5.32 Å². The number of hydrogen-bond acceptors (Lipinski definition) is 4. The van der Waals surface area contributed by atoms with E-state index in [1.165, 1.54) is 6.92 Å². The van der Waals surface area contributed by atoms with E-state index in [1.807, 2.05) is 0 Å². The Hall–Kier alpha value is -2.66. The third-order valence-electron chi connectivity index (χ3n) is 3.37. The number of ether oxygens (including phenoxy) is 2. The fourth-order valence-electron chi connectivity index (χ4n) is 2.21. The molecule has 1 amide bonds. The predicted molar refractivity (Wildman–Crippen MR) is 88.1 cm³/mol. The van der Waals surface area contributed by atoms with Crippen LogP contribution in [-0.4, -0.2) is 25.9 Å². The molecule has 0 saturated heterocycles. The van der Waals surface area contributed by atoms with E-state index in [9.17, 15) is 9.59 Å². The zero-order chi connectivity index (χ0) is 16.8. The first-order chi connectivity index (χ1) is 11.0. The number of carbonyl (C=O) groups is 2. The molecule has 2 aromatic rings. The first-order valence-electron chi connectivity index (χ1n) is 7.13. The fourth-order valence-corrected chi connectivity index (χ4v) is 2.21. The largest absolute Gasteiger partial charge is 0.496 e. The first kappa shape index (κ1) is 16.7. The molecule has 5 heteroatoms. The van der Waals surface area contributed by atoms with Gasteiger partial charge < -0.3 is 14.8 Å². The van der Waals surface area contributed by atoms with Crippen LogP contribution < -0.4 is 10.1 Å². The van der Waals surface area contributed by atoms with Gasteiger partial charge in [-0.25, -0.2) is 0 Å². The van der Waals surface area contributed by atoms with E-state index < -0.39 is 0 Å². The number of nitrogens with one attached hydrogen (secondary N) is 1. The van der Waals surface area contributed by atoms with Gasteiger partial charge >= 0.3 is 0 Å². The first-order valence-corrected chi connectivity index (χ1v) is 7.13. The van der Waals surface area contributed by atoms with Gasteiger partial charge in [-0.2, -0.15) is 0 Å². The molecule has 0 spiro atoms. The number of ketones is 1. The van der Waals surface area contributed by atoms with Crippen LogP contribution in [0.5, 0.6) is 5.75 Å². The summed E-state index contributed by atoms with van der Waals surface area (Å²) in [5, 5.41) is 2.79. The van der Waals surface area contributed by atoms with Crippen LogP contribution in [0.4, 0.5) is 5.69 Å². The van der Waals surface area contributed by atoms with E-state index >= 15 is 0 Å². The molecule has 2 rings (SSSR count). The topological polar surface area (TPSA) is 64.6 Å².